The second-order valence-corrected chi connectivity index (χ2v) is 5.99. The molecule has 0 bridgehead atoms. The molecule has 6 nitrogen and oxygen atoms in total. The molecule has 0 saturated carbocycles. The highest BCUT2D eigenvalue weighted by Gasteiger charge is 2.10. The van der Waals surface area contributed by atoms with Gasteiger partial charge in [0, 0.05) is 13.6 Å². The maximum atomic E-state index is 9.48. The Morgan fingerprint density at radius 2 is 1.41 bits per heavy atom. The van der Waals surface area contributed by atoms with Crippen LogP contribution in [-0.4, -0.2) is 52.3 Å². The molecular formula is C21H27NO5. The smallest absolute Gasteiger partial charge is 0.161 e. The molecule has 0 atom stereocenters. The van der Waals surface area contributed by atoms with Crippen LogP contribution in [0.25, 0.3) is 12.2 Å². The van der Waals surface area contributed by atoms with Gasteiger partial charge in [0.2, 0.25) is 0 Å². The fourth-order valence-electron chi connectivity index (χ4n) is 2.73. The van der Waals surface area contributed by atoms with Crippen molar-refractivity contribution in [1.29, 1.82) is 0 Å². The summed E-state index contributed by atoms with van der Waals surface area (Å²) in [6.07, 6.45) is 4.67. The normalized spacial score (nSPS) is 11.1. The average Bonchev–Trinajstić information content (AvgIpc) is 2.69. The summed E-state index contributed by atoms with van der Waals surface area (Å²) in [5.74, 6) is 2.68. The third-order valence-electron chi connectivity index (χ3n) is 4.21. The van der Waals surface area contributed by atoms with E-state index < -0.39 is 0 Å². The summed E-state index contributed by atoms with van der Waals surface area (Å²) in [4.78, 5) is 0. The van der Waals surface area contributed by atoms with E-state index in [-0.39, 0.29) is 0 Å². The van der Waals surface area contributed by atoms with Crippen LogP contribution in [0.1, 0.15) is 16.7 Å². The minimum absolute atomic E-state index is 0.507. The Bertz CT molecular complexity index is 786. The van der Waals surface area contributed by atoms with Crippen LogP contribution >= 0.6 is 0 Å². The van der Waals surface area contributed by atoms with Crippen LogP contribution < -0.4 is 18.9 Å². The van der Waals surface area contributed by atoms with Gasteiger partial charge in [-0.1, -0.05) is 18.2 Å². The van der Waals surface area contributed by atoms with Gasteiger partial charge in [-0.2, -0.15) is 5.06 Å². The second kappa shape index (κ2) is 9.85. The van der Waals surface area contributed by atoms with Gasteiger partial charge >= 0.3 is 0 Å². The lowest BCUT2D eigenvalue weighted by Gasteiger charge is -2.15. The van der Waals surface area contributed by atoms with E-state index in [4.69, 9.17) is 18.9 Å². The van der Waals surface area contributed by atoms with Crippen LogP contribution in [0.15, 0.2) is 30.3 Å². The molecule has 0 aliphatic carbocycles. The van der Waals surface area contributed by atoms with E-state index in [1.165, 1.54) is 5.06 Å². The summed E-state index contributed by atoms with van der Waals surface area (Å²) in [6.45, 7) is 0.507. The van der Waals surface area contributed by atoms with Gasteiger partial charge in [0.25, 0.3) is 0 Å². The first-order chi connectivity index (χ1) is 13.0. The number of methoxy groups -OCH3 is 4. The van der Waals surface area contributed by atoms with Gasteiger partial charge in [0.15, 0.2) is 23.0 Å². The third kappa shape index (κ3) is 5.39. The molecular weight excluding hydrogens is 346 g/mol. The van der Waals surface area contributed by atoms with Gasteiger partial charge in [-0.25, -0.2) is 0 Å². The zero-order valence-corrected chi connectivity index (χ0v) is 16.5. The minimum atomic E-state index is 0.507. The van der Waals surface area contributed by atoms with Gasteiger partial charge in [0.1, 0.15) is 0 Å². The highest BCUT2D eigenvalue weighted by molar-refractivity contribution is 5.74. The first kappa shape index (κ1) is 20.6. The molecule has 0 aromatic heterocycles. The Labute approximate surface area is 160 Å². The Morgan fingerprint density at radius 1 is 0.815 bits per heavy atom. The van der Waals surface area contributed by atoms with E-state index in [0.29, 0.717) is 36.0 Å². The molecule has 0 aliphatic heterocycles. The van der Waals surface area contributed by atoms with Gasteiger partial charge in [0.05, 0.1) is 28.4 Å². The molecule has 2 aromatic rings. The van der Waals surface area contributed by atoms with Crippen molar-refractivity contribution in [2.24, 2.45) is 0 Å². The van der Waals surface area contributed by atoms with Gasteiger partial charge in [-0.15, -0.1) is 0 Å². The number of hydrogen-bond donors (Lipinski definition) is 1. The number of likely N-dealkylation sites (N-methyl/N-ethyl adjacent to an activating group) is 1. The van der Waals surface area contributed by atoms with Crippen LogP contribution in [0.2, 0.25) is 0 Å². The summed E-state index contributed by atoms with van der Waals surface area (Å²) in [7, 11) is 8.07. The van der Waals surface area contributed by atoms with Crippen LogP contribution in [0.3, 0.4) is 0 Å². The zero-order valence-electron chi connectivity index (χ0n) is 16.5. The fourth-order valence-corrected chi connectivity index (χ4v) is 2.73. The average molecular weight is 373 g/mol. The van der Waals surface area contributed by atoms with Gasteiger partial charge in [-0.05, 0) is 47.4 Å². The van der Waals surface area contributed by atoms with Crippen LogP contribution in [0.5, 0.6) is 23.0 Å². The quantitative estimate of drug-likeness (QED) is 0.534. The second-order valence-electron chi connectivity index (χ2n) is 5.99. The van der Waals surface area contributed by atoms with Gasteiger partial charge < -0.3 is 24.2 Å². The molecule has 27 heavy (non-hydrogen) atoms. The van der Waals surface area contributed by atoms with Crippen molar-refractivity contribution in [2.45, 2.75) is 6.42 Å². The summed E-state index contributed by atoms with van der Waals surface area (Å²) < 4.78 is 21.5. The number of ether oxygens (including phenoxy) is 4. The monoisotopic (exact) mass is 373 g/mol. The predicted octanol–water partition coefficient (Wildman–Crippen LogP) is 3.75. The highest BCUT2D eigenvalue weighted by Crippen LogP contribution is 2.33. The molecule has 2 aromatic carbocycles. The summed E-state index contributed by atoms with van der Waals surface area (Å²) in [5, 5.41) is 10.6. The maximum Gasteiger partial charge on any atom is 0.161 e. The molecule has 0 heterocycles. The van der Waals surface area contributed by atoms with Crippen LogP contribution in [0, 0.1) is 0 Å². The molecule has 6 heteroatoms. The van der Waals surface area contributed by atoms with E-state index in [0.717, 1.165) is 16.7 Å². The van der Waals surface area contributed by atoms with E-state index in [1.54, 1.807) is 35.5 Å². The number of benzene rings is 2. The number of nitrogens with zero attached hydrogens (tertiary/aromatic N) is 1. The van der Waals surface area contributed by atoms with Crippen molar-refractivity contribution in [3.63, 3.8) is 0 Å². The van der Waals surface area contributed by atoms with Crippen molar-refractivity contribution in [3.8, 4) is 23.0 Å². The van der Waals surface area contributed by atoms with Crippen molar-refractivity contribution >= 4 is 12.2 Å². The standard InChI is InChI=1S/C21H27NO5/c1-22(23)11-10-17-14-21(27-5)20(26-4)13-16(17)8-6-15-7-9-18(24-2)19(12-15)25-3/h6-9,12-14,23H,10-11H2,1-5H3/b8-6+. The highest BCUT2D eigenvalue weighted by atomic mass is 16.5. The maximum absolute atomic E-state index is 9.48. The summed E-state index contributed by atoms with van der Waals surface area (Å²) in [6, 6.07) is 9.62. The van der Waals surface area contributed by atoms with E-state index in [2.05, 4.69) is 0 Å². The minimum Gasteiger partial charge on any atom is -0.493 e. The van der Waals surface area contributed by atoms with E-state index in [1.807, 2.05) is 42.5 Å². The number of rotatable bonds is 9. The molecule has 2 rings (SSSR count). The molecule has 0 aliphatic rings. The van der Waals surface area contributed by atoms with Crippen molar-refractivity contribution in [1.82, 2.24) is 5.06 Å². The Balaban J connectivity index is 2.38. The summed E-state index contributed by atoms with van der Waals surface area (Å²) in [5.41, 5.74) is 3.02. The van der Waals surface area contributed by atoms with Crippen molar-refractivity contribution in [3.05, 3.63) is 47.0 Å². The first-order valence-electron chi connectivity index (χ1n) is 8.57. The summed E-state index contributed by atoms with van der Waals surface area (Å²) >= 11 is 0. The first-order valence-corrected chi connectivity index (χ1v) is 8.57. The molecule has 0 saturated heterocycles. The molecule has 0 radical (unpaired) electrons. The molecule has 146 valence electrons. The molecule has 1 N–H and O–H groups in total. The van der Waals surface area contributed by atoms with Gasteiger partial charge in [-0.3, -0.25) is 0 Å². The lowest BCUT2D eigenvalue weighted by molar-refractivity contribution is -0.0634. The Kier molecular flexibility index (Phi) is 7.52. The van der Waals surface area contributed by atoms with Crippen LogP contribution in [0.4, 0.5) is 0 Å². The molecule has 0 spiro atoms. The number of hydrogen-bond acceptors (Lipinski definition) is 6. The lowest BCUT2D eigenvalue weighted by atomic mass is 10.0. The van der Waals surface area contributed by atoms with Crippen molar-refractivity contribution < 1.29 is 24.2 Å². The zero-order chi connectivity index (χ0) is 19.8. The predicted molar refractivity (Wildman–Crippen MR) is 106 cm³/mol. The molecule has 0 amide bonds. The SMILES string of the molecule is COc1ccc(/C=C/c2cc(OC)c(OC)cc2CCN(C)O)cc1OC. The topological polar surface area (TPSA) is 60.4 Å². The fraction of sp³-hybridized carbons (Fsp3) is 0.333. The van der Waals surface area contributed by atoms with E-state index >= 15 is 0 Å². The molecule has 0 unspecified atom stereocenters. The Morgan fingerprint density at radius 3 is 2.00 bits per heavy atom. The van der Waals surface area contributed by atoms with Crippen LogP contribution in [-0.2, 0) is 6.42 Å². The Hall–Kier alpha value is -2.70. The third-order valence-corrected chi connectivity index (χ3v) is 4.21. The molecule has 0 fully saturated rings. The number of hydroxylamine groups is 2. The lowest BCUT2D eigenvalue weighted by Crippen LogP contribution is -2.16. The van der Waals surface area contributed by atoms with E-state index in [9.17, 15) is 5.21 Å². The van der Waals surface area contributed by atoms with Crippen molar-refractivity contribution in [2.75, 3.05) is 42.0 Å². The largest absolute Gasteiger partial charge is 0.493 e.